The minimum absolute atomic E-state index is 0.0255. The first-order chi connectivity index (χ1) is 16.7. The fourth-order valence-corrected chi connectivity index (χ4v) is 3.91. The normalized spacial score (nSPS) is 13.6. The van der Waals surface area contributed by atoms with Gasteiger partial charge in [0.1, 0.15) is 5.82 Å². The number of aryl methyl sites for hydroxylation is 1. The summed E-state index contributed by atoms with van der Waals surface area (Å²) in [5.41, 5.74) is 2.32. The van der Waals surface area contributed by atoms with E-state index >= 15 is 0 Å². The van der Waals surface area contributed by atoms with Crippen molar-refractivity contribution in [1.29, 1.82) is 0 Å². The second-order valence-corrected chi connectivity index (χ2v) is 8.58. The molecule has 1 aromatic heterocycles. The molecule has 35 heavy (non-hydrogen) atoms. The van der Waals surface area contributed by atoms with Crippen LogP contribution in [0.5, 0.6) is 11.5 Å². The number of carboxylic acid groups (broad SMARTS) is 1. The lowest BCUT2D eigenvalue weighted by atomic mass is 9.94. The van der Waals surface area contributed by atoms with Crippen molar-refractivity contribution in [3.63, 3.8) is 0 Å². The van der Waals surface area contributed by atoms with Crippen LogP contribution in [0.1, 0.15) is 40.7 Å². The molecule has 4 rings (SSSR count). The number of aromatic nitrogens is 1. The van der Waals surface area contributed by atoms with Crippen molar-refractivity contribution < 1.29 is 29.7 Å². The second-order valence-electron chi connectivity index (χ2n) is 8.58. The summed E-state index contributed by atoms with van der Waals surface area (Å²) in [5, 5.41) is 33.6. The largest absolute Gasteiger partial charge is 0.504 e. The molecule has 0 atom stereocenters. The molecule has 1 heterocycles. The zero-order valence-electron chi connectivity index (χ0n) is 19.0. The van der Waals surface area contributed by atoms with Gasteiger partial charge in [0.25, 0.3) is 5.91 Å². The summed E-state index contributed by atoms with van der Waals surface area (Å²) in [5.74, 6) is -1.80. The van der Waals surface area contributed by atoms with Gasteiger partial charge in [-0.3, -0.25) is 14.4 Å². The Morgan fingerprint density at radius 2 is 1.77 bits per heavy atom. The first-order valence-corrected chi connectivity index (χ1v) is 11.1. The lowest BCUT2D eigenvalue weighted by Crippen LogP contribution is -2.28. The van der Waals surface area contributed by atoms with Crippen LogP contribution in [0.15, 0.2) is 54.6 Å². The average molecular weight is 476 g/mol. The van der Waals surface area contributed by atoms with Crippen LogP contribution < -0.4 is 10.6 Å². The summed E-state index contributed by atoms with van der Waals surface area (Å²) < 4.78 is 0. The number of pyridine rings is 1. The third-order valence-corrected chi connectivity index (χ3v) is 6.07. The first kappa shape index (κ1) is 23.7. The summed E-state index contributed by atoms with van der Waals surface area (Å²) >= 11 is 0. The Kier molecular flexibility index (Phi) is 6.42. The van der Waals surface area contributed by atoms with E-state index in [0.29, 0.717) is 41.0 Å². The van der Waals surface area contributed by atoms with Crippen LogP contribution in [-0.4, -0.2) is 44.6 Å². The SMILES string of the molecule is Cc1ccc(NC(=O)C2(c3ccc(O)c(O)c3)CC2)nc1-c1cccc(C(=O)NCCC(=O)O)c1. The Hall–Kier alpha value is -4.40. The van der Waals surface area contributed by atoms with Gasteiger partial charge in [-0.25, -0.2) is 4.98 Å². The molecule has 5 N–H and O–H groups in total. The monoisotopic (exact) mass is 475 g/mol. The highest BCUT2D eigenvalue weighted by Crippen LogP contribution is 2.50. The number of amides is 2. The number of anilines is 1. The predicted molar refractivity (Wildman–Crippen MR) is 128 cm³/mol. The molecule has 1 aliphatic carbocycles. The van der Waals surface area contributed by atoms with Crippen molar-refractivity contribution in [2.45, 2.75) is 31.6 Å². The molecule has 3 aromatic rings. The Balaban J connectivity index is 1.54. The zero-order chi connectivity index (χ0) is 25.2. The van der Waals surface area contributed by atoms with Gasteiger partial charge in [0.2, 0.25) is 5.91 Å². The first-order valence-electron chi connectivity index (χ1n) is 11.1. The van der Waals surface area contributed by atoms with Crippen molar-refractivity contribution in [3.8, 4) is 22.8 Å². The molecule has 0 saturated heterocycles. The lowest BCUT2D eigenvalue weighted by Gasteiger charge is -2.17. The molecular formula is C26H25N3O6. The van der Waals surface area contributed by atoms with Crippen LogP contribution in [0.2, 0.25) is 0 Å². The molecule has 9 heteroatoms. The van der Waals surface area contributed by atoms with E-state index in [-0.39, 0.29) is 36.3 Å². The lowest BCUT2D eigenvalue weighted by molar-refractivity contribution is -0.136. The number of phenols is 2. The maximum absolute atomic E-state index is 13.1. The number of aliphatic carboxylic acids is 1. The number of nitrogens with zero attached hydrogens (tertiary/aromatic N) is 1. The van der Waals surface area contributed by atoms with Crippen molar-refractivity contribution in [3.05, 3.63) is 71.3 Å². The van der Waals surface area contributed by atoms with Crippen LogP contribution in [0.3, 0.4) is 0 Å². The Morgan fingerprint density at radius 3 is 2.46 bits per heavy atom. The topological polar surface area (TPSA) is 149 Å². The standard InChI is InChI=1S/C26H25N3O6/c1-15-5-8-21(29-25(35)26(10-11-26)18-6-7-19(30)20(31)14-18)28-23(15)16-3-2-4-17(13-16)24(34)27-12-9-22(32)33/h2-8,13-14,30-31H,9-12H2,1H3,(H,27,34)(H,32,33)(H,28,29,35). The molecule has 9 nitrogen and oxygen atoms in total. The zero-order valence-corrected chi connectivity index (χ0v) is 19.0. The van der Waals surface area contributed by atoms with Gasteiger partial charge in [0.15, 0.2) is 11.5 Å². The van der Waals surface area contributed by atoms with E-state index in [1.165, 1.54) is 12.1 Å². The van der Waals surface area contributed by atoms with E-state index in [1.807, 2.05) is 13.0 Å². The van der Waals surface area contributed by atoms with Crippen molar-refractivity contribution >= 4 is 23.6 Å². The fourth-order valence-electron chi connectivity index (χ4n) is 3.91. The number of aromatic hydroxyl groups is 2. The summed E-state index contributed by atoms with van der Waals surface area (Å²) in [7, 11) is 0. The van der Waals surface area contributed by atoms with Crippen LogP contribution in [-0.2, 0) is 15.0 Å². The summed E-state index contributed by atoms with van der Waals surface area (Å²) in [6, 6.07) is 14.7. The number of carbonyl (C=O) groups excluding carboxylic acids is 2. The minimum atomic E-state index is -0.993. The molecule has 0 bridgehead atoms. The highest BCUT2D eigenvalue weighted by atomic mass is 16.4. The van der Waals surface area contributed by atoms with Crippen molar-refractivity contribution in [1.82, 2.24) is 10.3 Å². The van der Waals surface area contributed by atoms with Gasteiger partial charge in [-0.1, -0.05) is 24.3 Å². The number of phenolic OH excluding ortho intramolecular Hbond substituents is 2. The smallest absolute Gasteiger partial charge is 0.305 e. The number of hydrogen-bond acceptors (Lipinski definition) is 6. The highest BCUT2D eigenvalue weighted by molar-refractivity contribution is 6.01. The molecule has 1 fully saturated rings. The number of carboxylic acids is 1. The van der Waals surface area contributed by atoms with Gasteiger partial charge in [-0.05, 0) is 61.2 Å². The van der Waals surface area contributed by atoms with Crippen molar-refractivity contribution in [2.24, 2.45) is 0 Å². The maximum atomic E-state index is 13.1. The van der Waals surface area contributed by atoms with E-state index < -0.39 is 11.4 Å². The van der Waals surface area contributed by atoms with Crippen molar-refractivity contribution in [2.75, 3.05) is 11.9 Å². The van der Waals surface area contributed by atoms with Gasteiger partial charge < -0.3 is 26.0 Å². The van der Waals surface area contributed by atoms with E-state index in [9.17, 15) is 24.6 Å². The van der Waals surface area contributed by atoms with Crippen LogP contribution >= 0.6 is 0 Å². The van der Waals surface area contributed by atoms with Gasteiger partial charge in [0.05, 0.1) is 17.5 Å². The fraction of sp³-hybridized carbons (Fsp3) is 0.231. The Labute approximate surface area is 201 Å². The molecule has 1 aliphatic rings. The molecule has 0 radical (unpaired) electrons. The molecule has 0 aliphatic heterocycles. The Bertz CT molecular complexity index is 1320. The Morgan fingerprint density at radius 1 is 1.00 bits per heavy atom. The van der Waals surface area contributed by atoms with E-state index in [0.717, 1.165) is 5.56 Å². The number of benzene rings is 2. The number of carbonyl (C=O) groups is 3. The van der Waals surface area contributed by atoms with E-state index in [1.54, 1.807) is 36.4 Å². The molecule has 0 spiro atoms. The molecular weight excluding hydrogens is 450 g/mol. The van der Waals surface area contributed by atoms with E-state index in [2.05, 4.69) is 15.6 Å². The number of nitrogens with one attached hydrogen (secondary N) is 2. The highest BCUT2D eigenvalue weighted by Gasteiger charge is 2.51. The van der Waals surface area contributed by atoms with Crippen LogP contribution in [0, 0.1) is 6.92 Å². The van der Waals surface area contributed by atoms with Crippen LogP contribution in [0.25, 0.3) is 11.3 Å². The second kappa shape index (κ2) is 9.46. The van der Waals surface area contributed by atoms with Gasteiger partial charge in [0, 0.05) is 17.7 Å². The minimum Gasteiger partial charge on any atom is -0.504 e. The summed E-state index contributed by atoms with van der Waals surface area (Å²) in [6.07, 6.45) is 1.06. The quantitative estimate of drug-likeness (QED) is 0.314. The van der Waals surface area contributed by atoms with Gasteiger partial charge >= 0.3 is 5.97 Å². The summed E-state index contributed by atoms with van der Waals surface area (Å²) in [6.45, 7) is 1.90. The van der Waals surface area contributed by atoms with Crippen LogP contribution in [0.4, 0.5) is 5.82 Å². The predicted octanol–water partition coefficient (Wildman–Crippen LogP) is 3.34. The molecule has 0 unspecified atom stereocenters. The summed E-state index contributed by atoms with van der Waals surface area (Å²) in [4.78, 5) is 40.8. The third-order valence-electron chi connectivity index (χ3n) is 6.07. The number of rotatable bonds is 8. The maximum Gasteiger partial charge on any atom is 0.305 e. The number of hydrogen-bond donors (Lipinski definition) is 5. The van der Waals surface area contributed by atoms with Gasteiger partial charge in [-0.2, -0.15) is 0 Å². The average Bonchev–Trinajstić information content (AvgIpc) is 3.64. The molecule has 1 saturated carbocycles. The van der Waals surface area contributed by atoms with E-state index in [4.69, 9.17) is 5.11 Å². The molecule has 180 valence electrons. The molecule has 2 amide bonds. The van der Waals surface area contributed by atoms with Gasteiger partial charge in [-0.15, -0.1) is 0 Å². The third kappa shape index (κ3) is 5.08. The molecule has 2 aromatic carbocycles.